The number of benzene rings is 2. The number of para-hydroxylation sites is 1. The molecule has 1 N–H and O–H groups in total. The van der Waals surface area contributed by atoms with Gasteiger partial charge >= 0.3 is 0 Å². The first-order valence-electron chi connectivity index (χ1n) is 9.64. The lowest BCUT2D eigenvalue weighted by Gasteiger charge is -2.05. The van der Waals surface area contributed by atoms with Gasteiger partial charge in [0.15, 0.2) is 11.7 Å². The summed E-state index contributed by atoms with van der Waals surface area (Å²) in [5.74, 6) is 0.554. The molecule has 0 spiro atoms. The van der Waals surface area contributed by atoms with E-state index in [1.807, 2.05) is 31.2 Å². The van der Waals surface area contributed by atoms with Crippen molar-refractivity contribution >= 4 is 40.3 Å². The third-order valence-corrected chi connectivity index (χ3v) is 5.54. The quantitative estimate of drug-likeness (QED) is 0.216. The van der Waals surface area contributed by atoms with Crippen molar-refractivity contribution in [3.8, 4) is 17.0 Å². The summed E-state index contributed by atoms with van der Waals surface area (Å²) < 4.78 is 12.4. The molecule has 0 fully saturated rings. The first-order valence-corrected chi connectivity index (χ1v) is 10.9. The van der Waals surface area contributed by atoms with Crippen LogP contribution in [0.5, 0.6) is 5.75 Å². The Hall–Kier alpha value is -3.90. The molecule has 0 aliphatic carbocycles. The van der Waals surface area contributed by atoms with Crippen LogP contribution in [0.25, 0.3) is 11.3 Å². The molecule has 0 bridgehead atoms. The zero-order valence-electron chi connectivity index (χ0n) is 17.3. The molecule has 0 aliphatic rings. The molecule has 0 aliphatic heterocycles. The Balaban J connectivity index is 1.38. The van der Waals surface area contributed by atoms with Gasteiger partial charge in [-0.2, -0.15) is 0 Å². The fraction of sp³-hybridized carbons (Fsp3) is 0.143. The highest BCUT2D eigenvalue weighted by molar-refractivity contribution is 7.71. The maximum atomic E-state index is 12.4. The van der Waals surface area contributed by atoms with Crippen LogP contribution in [-0.4, -0.2) is 25.6 Å². The number of thiazole rings is 1. The summed E-state index contributed by atoms with van der Waals surface area (Å²) in [5.41, 5.74) is 2.04. The standard InChI is InChI=1S/C21H17N5O5S2/c1-13-5-2-3-8-17(13)30-11-19-24-25(21(32)31-19)10-18(27)23-20-22-16(12-33-20)14-6-4-7-15(9-14)26(28)29/h2-9,12H,10-11H2,1H3,(H,22,23,27). The van der Waals surface area contributed by atoms with Crippen molar-refractivity contribution in [3.05, 3.63) is 80.3 Å². The smallest absolute Gasteiger partial charge is 0.287 e. The highest BCUT2D eigenvalue weighted by Gasteiger charge is 2.14. The number of ether oxygens (including phenoxy) is 1. The fourth-order valence-corrected chi connectivity index (χ4v) is 3.84. The third kappa shape index (κ3) is 5.48. The normalized spacial score (nSPS) is 10.7. The zero-order valence-corrected chi connectivity index (χ0v) is 18.9. The number of anilines is 1. The second-order valence-electron chi connectivity index (χ2n) is 6.87. The molecule has 0 saturated heterocycles. The van der Waals surface area contributed by atoms with Gasteiger partial charge in [-0.1, -0.05) is 30.3 Å². The van der Waals surface area contributed by atoms with Crippen molar-refractivity contribution in [2.45, 2.75) is 20.1 Å². The number of nitro benzene ring substituents is 1. The summed E-state index contributed by atoms with van der Waals surface area (Å²) in [7, 11) is 0. The van der Waals surface area contributed by atoms with E-state index in [1.165, 1.54) is 28.2 Å². The van der Waals surface area contributed by atoms with Crippen LogP contribution in [0.1, 0.15) is 11.5 Å². The number of carbonyl (C=O) groups is 1. The highest BCUT2D eigenvalue weighted by Crippen LogP contribution is 2.27. The van der Waals surface area contributed by atoms with Crippen LogP contribution in [0.2, 0.25) is 0 Å². The highest BCUT2D eigenvalue weighted by atomic mass is 32.1. The molecule has 1 amide bonds. The van der Waals surface area contributed by atoms with E-state index in [0.717, 1.165) is 5.56 Å². The molecule has 168 valence electrons. The molecule has 4 rings (SSSR count). The molecule has 0 saturated carbocycles. The van der Waals surface area contributed by atoms with Crippen LogP contribution >= 0.6 is 23.6 Å². The van der Waals surface area contributed by atoms with E-state index in [4.69, 9.17) is 21.4 Å². The number of non-ortho nitro benzene ring substituents is 1. The van der Waals surface area contributed by atoms with Crippen LogP contribution in [0.3, 0.4) is 0 Å². The van der Waals surface area contributed by atoms with Gasteiger partial charge in [-0.25, -0.2) is 9.67 Å². The van der Waals surface area contributed by atoms with Crippen molar-refractivity contribution in [3.63, 3.8) is 0 Å². The summed E-state index contributed by atoms with van der Waals surface area (Å²) in [5, 5.41) is 19.9. The van der Waals surface area contributed by atoms with Crippen molar-refractivity contribution < 1.29 is 18.9 Å². The number of aromatic nitrogens is 3. The number of carbonyl (C=O) groups excluding carboxylic acids is 1. The van der Waals surface area contributed by atoms with E-state index >= 15 is 0 Å². The topological polar surface area (TPSA) is 125 Å². The van der Waals surface area contributed by atoms with E-state index < -0.39 is 10.8 Å². The molecule has 0 radical (unpaired) electrons. The number of rotatable bonds is 8. The number of hydrogen-bond donors (Lipinski definition) is 1. The molecule has 0 unspecified atom stereocenters. The molecule has 10 nitrogen and oxygen atoms in total. The van der Waals surface area contributed by atoms with Gasteiger partial charge in [0.2, 0.25) is 5.91 Å². The van der Waals surface area contributed by atoms with Crippen LogP contribution < -0.4 is 10.1 Å². The van der Waals surface area contributed by atoms with Gasteiger partial charge in [0.05, 0.1) is 10.6 Å². The summed E-state index contributed by atoms with van der Waals surface area (Å²) in [6.07, 6.45) is 0. The summed E-state index contributed by atoms with van der Waals surface area (Å²) in [6.45, 7) is 1.83. The largest absolute Gasteiger partial charge is 0.484 e. The van der Waals surface area contributed by atoms with Crippen molar-refractivity contribution in [2.75, 3.05) is 5.32 Å². The second kappa shape index (κ2) is 9.71. The molecule has 0 atom stereocenters. The maximum Gasteiger partial charge on any atom is 0.287 e. The van der Waals surface area contributed by atoms with E-state index in [2.05, 4.69) is 15.4 Å². The fourth-order valence-electron chi connectivity index (χ4n) is 2.90. The van der Waals surface area contributed by atoms with Gasteiger partial charge < -0.3 is 14.5 Å². The Morgan fingerprint density at radius 1 is 1.30 bits per heavy atom. The van der Waals surface area contributed by atoms with Gasteiger partial charge in [-0.15, -0.1) is 16.4 Å². The first-order chi connectivity index (χ1) is 15.9. The maximum absolute atomic E-state index is 12.4. The van der Waals surface area contributed by atoms with Crippen molar-refractivity contribution in [1.82, 2.24) is 14.8 Å². The molecule has 33 heavy (non-hydrogen) atoms. The molecule has 2 aromatic heterocycles. The predicted molar refractivity (Wildman–Crippen MR) is 124 cm³/mol. The Bertz CT molecular complexity index is 1380. The number of hydrogen-bond acceptors (Lipinski definition) is 9. The average Bonchev–Trinajstić information content (AvgIpc) is 3.39. The molecule has 2 aromatic carbocycles. The molecular formula is C21H17N5O5S2. The Labute approximate surface area is 196 Å². The minimum atomic E-state index is -0.472. The van der Waals surface area contributed by atoms with Crippen LogP contribution in [0.15, 0.2) is 58.3 Å². The van der Waals surface area contributed by atoms with Crippen LogP contribution in [0, 0.1) is 21.9 Å². The zero-order chi connectivity index (χ0) is 23.4. The van der Waals surface area contributed by atoms with Crippen molar-refractivity contribution in [2.24, 2.45) is 0 Å². The number of nitrogens with zero attached hydrogens (tertiary/aromatic N) is 4. The van der Waals surface area contributed by atoms with Gasteiger partial charge in [-0.05, 0) is 30.8 Å². The van der Waals surface area contributed by atoms with Gasteiger partial charge in [0.25, 0.3) is 16.4 Å². The molecule has 2 heterocycles. The predicted octanol–water partition coefficient (Wildman–Crippen LogP) is 4.76. The molecule has 4 aromatic rings. The summed E-state index contributed by atoms with van der Waals surface area (Å²) in [6, 6.07) is 13.7. The van der Waals surface area contributed by atoms with E-state index in [0.29, 0.717) is 22.1 Å². The van der Waals surface area contributed by atoms with Crippen LogP contribution in [-0.2, 0) is 17.9 Å². The van der Waals surface area contributed by atoms with Crippen LogP contribution in [0.4, 0.5) is 10.8 Å². The second-order valence-corrected chi connectivity index (χ2v) is 8.07. The lowest BCUT2D eigenvalue weighted by atomic mass is 10.1. The Morgan fingerprint density at radius 2 is 2.12 bits per heavy atom. The summed E-state index contributed by atoms with van der Waals surface area (Å²) in [4.78, 5) is 27.3. The monoisotopic (exact) mass is 483 g/mol. The van der Waals surface area contributed by atoms with E-state index in [-0.39, 0.29) is 29.6 Å². The number of nitrogens with one attached hydrogen (secondary N) is 1. The molecular weight excluding hydrogens is 466 g/mol. The lowest BCUT2D eigenvalue weighted by molar-refractivity contribution is -0.384. The third-order valence-electron chi connectivity index (χ3n) is 4.49. The lowest BCUT2D eigenvalue weighted by Crippen LogP contribution is -2.19. The average molecular weight is 484 g/mol. The van der Waals surface area contributed by atoms with Crippen molar-refractivity contribution in [1.29, 1.82) is 0 Å². The van der Waals surface area contributed by atoms with Gasteiger partial charge in [-0.3, -0.25) is 14.9 Å². The number of aryl methyl sites for hydroxylation is 1. The Kier molecular flexibility index (Phi) is 6.56. The number of amides is 1. The minimum Gasteiger partial charge on any atom is -0.484 e. The minimum absolute atomic E-state index is 0.0336. The Morgan fingerprint density at radius 3 is 2.91 bits per heavy atom. The van der Waals surface area contributed by atoms with E-state index in [9.17, 15) is 14.9 Å². The van der Waals surface area contributed by atoms with Gasteiger partial charge in [0, 0.05) is 23.1 Å². The van der Waals surface area contributed by atoms with E-state index in [1.54, 1.807) is 17.5 Å². The first kappa shape index (κ1) is 22.3. The molecule has 12 heteroatoms. The summed E-state index contributed by atoms with van der Waals surface area (Å²) >= 11 is 6.35. The van der Waals surface area contributed by atoms with Gasteiger partial charge in [0.1, 0.15) is 12.3 Å². The number of nitro groups is 1. The SMILES string of the molecule is Cc1ccccc1OCc1nn(CC(=O)Nc2nc(-c3cccc([N+](=O)[O-])c3)cs2)c(=S)o1.